The van der Waals surface area contributed by atoms with Crippen LogP contribution in [0.5, 0.6) is 0 Å². The molecular weight excluding hydrogens is 442 g/mol. The van der Waals surface area contributed by atoms with E-state index in [1.165, 1.54) is 5.56 Å². The molecule has 0 saturated carbocycles. The quantitative estimate of drug-likeness (QED) is 0.472. The molecule has 0 aliphatic carbocycles. The maximum absolute atomic E-state index is 13.0. The van der Waals surface area contributed by atoms with Crippen LogP contribution >= 0.6 is 0 Å². The maximum atomic E-state index is 13.0. The Labute approximate surface area is 205 Å². The number of nitrogens with zero attached hydrogens (tertiary/aromatic N) is 5. The first kappa shape index (κ1) is 24.4. The standard InChI is InChI=1S/C26H33N7O2/c1-16(2)18-7-9-19(10-8-18)22(34)14-20-6-5-12-33(17(20)3)26-29-25(23(24(27)35)30-31-26)28-21-11-13-32(4)15-21/h7-11,13,15-17,20H,5-6,12,14H2,1-4H3,(H2,27,35)(H,28,29,31)/t17-,20+/m1/s1. The molecule has 9 nitrogen and oxygen atoms in total. The number of primary amides is 1. The number of Topliss-reactive ketones (excluding diaryl/α,β-unsaturated/α-hetero) is 1. The summed E-state index contributed by atoms with van der Waals surface area (Å²) >= 11 is 0. The van der Waals surface area contributed by atoms with Gasteiger partial charge in [-0.1, -0.05) is 38.1 Å². The highest BCUT2D eigenvalue weighted by Crippen LogP contribution is 2.31. The molecule has 1 aromatic carbocycles. The van der Waals surface area contributed by atoms with Crippen molar-refractivity contribution >= 4 is 29.1 Å². The SMILES string of the molecule is CC(C)c1ccc(C(=O)C[C@@H]2CCCN(c3nnc(C(N)=O)c(Nc4ccn(C)c4)n3)[C@@H]2C)cc1. The molecule has 0 unspecified atom stereocenters. The summed E-state index contributed by atoms with van der Waals surface area (Å²) in [5.74, 6) is 0.721. The normalized spacial score (nSPS) is 18.0. The maximum Gasteiger partial charge on any atom is 0.273 e. The van der Waals surface area contributed by atoms with Crippen molar-refractivity contribution in [1.82, 2.24) is 19.7 Å². The van der Waals surface area contributed by atoms with Crippen molar-refractivity contribution in [2.24, 2.45) is 18.7 Å². The molecular formula is C26H33N7O2. The van der Waals surface area contributed by atoms with Crippen LogP contribution in [0.15, 0.2) is 42.7 Å². The molecule has 0 spiro atoms. The third kappa shape index (κ3) is 5.50. The lowest BCUT2D eigenvalue weighted by atomic mass is 9.85. The lowest BCUT2D eigenvalue weighted by Crippen LogP contribution is -2.45. The predicted octanol–water partition coefficient (Wildman–Crippen LogP) is 4.05. The highest BCUT2D eigenvalue weighted by molar-refractivity contribution is 5.96. The number of amides is 1. The minimum Gasteiger partial charge on any atom is -0.364 e. The molecule has 1 aliphatic heterocycles. The summed E-state index contributed by atoms with van der Waals surface area (Å²) in [5.41, 5.74) is 8.23. The Morgan fingerprint density at radius 2 is 1.91 bits per heavy atom. The number of aromatic nitrogens is 4. The van der Waals surface area contributed by atoms with Crippen molar-refractivity contribution in [2.75, 3.05) is 16.8 Å². The number of rotatable bonds is 8. The molecule has 35 heavy (non-hydrogen) atoms. The summed E-state index contributed by atoms with van der Waals surface area (Å²) in [7, 11) is 1.90. The van der Waals surface area contributed by atoms with E-state index in [0.717, 1.165) is 30.6 Å². The second-order valence-corrected chi connectivity index (χ2v) is 9.60. The first-order chi connectivity index (χ1) is 16.7. The average molecular weight is 476 g/mol. The third-order valence-electron chi connectivity index (χ3n) is 6.76. The first-order valence-electron chi connectivity index (χ1n) is 12.1. The molecule has 2 aromatic heterocycles. The van der Waals surface area contributed by atoms with Gasteiger partial charge >= 0.3 is 0 Å². The van der Waals surface area contributed by atoms with Crippen LogP contribution in [0, 0.1) is 5.92 Å². The van der Waals surface area contributed by atoms with Crippen LogP contribution in [-0.2, 0) is 7.05 Å². The summed E-state index contributed by atoms with van der Waals surface area (Å²) < 4.78 is 1.88. The van der Waals surface area contributed by atoms with Gasteiger partial charge in [0.05, 0.1) is 5.69 Å². The number of carbonyl (C=O) groups is 2. The fraction of sp³-hybridized carbons (Fsp3) is 0.423. The zero-order valence-corrected chi connectivity index (χ0v) is 20.7. The monoisotopic (exact) mass is 475 g/mol. The van der Waals surface area contributed by atoms with Crippen LogP contribution in [0.2, 0.25) is 0 Å². The van der Waals surface area contributed by atoms with Crippen LogP contribution in [0.3, 0.4) is 0 Å². The van der Waals surface area contributed by atoms with Gasteiger partial charge in [-0.25, -0.2) is 0 Å². The summed E-state index contributed by atoms with van der Waals surface area (Å²) in [6.45, 7) is 7.12. The number of nitrogens with two attached hydrogens (primary N) is 1. The number of hydrogen-bond acceptors (Lipinski definition) is 7. The summed E-state index contributed by atoms with van der Waals surface area (Å²) in [5, 5.41) is 11.4. The smallest absolute Gasteiger partial charge is 0.273 e. The van der Waals surface area contributed by atoms with Crippen molar-refractivity contribution in [1.29, 1.82) is 0 Å². The zero-order chi connectivity index (χ0) is 25.1. The minimum absolute atomic E-state index is 0.0150. The van der Waals surface area contributed by atoms with E-state index in [4.69, 9.17) is 5.73 Å². The van der Waals surface area contributed by atoms with Crippen molar-refractivity contribution in [3.63, 3.8) is 0 Å². The Hall–Kier alpha value is -3.75. The molecule has 9 heteroatoms. The van der Waals surface area contributed by atoms with Gasteiger partial charge in [0.2, 0.25) is 5.95 Å². The summed E-state index contributed by atoms with van der Waals surface area (Å²) in [6.07, 6.45) is 6.07. The lowest BCUT2D eigenvalue weighted by molar-refractivity contribution is 0.0944. The average Bonchev–Trinajstić information content (AvgIpc) is 3.24. The van der Waals surface area contributed by atoms with E-state index in [-0.39, 0.29) is 29.3 Å². The molecule has 4 rings (SSSR count). The van der Waals surface area contributed by atoms with Crippen molar-refractivity contribution in [2.45, 2.75) is 52.0 Å². The van der Waals surface area contributed by atoms with Crippen molar-refractivity contribution in [3.05, 3.63) is 59.5 Å². The largest absolute Gasteiger partial charge is 0.364 e. The fourth-order valence-electron chi connectivity index (χ4n) is 4.59. The number of piperidine rings is 1. The van der Waals surface area contributed by atoms with E-state index in [0.29, 0.717) is 18.3 Å². The molecule has 3 heterocycles. The number of hydrogen-bond donors (Lipinski definition) is 2. The van der Waals surface area contributed by atoms with E-state index in [9.17, 15) is 9.59 Å². The summed E-state index contributed by atoms with van der Waals surface area (Å²) in [6, 6.07) is 9.84. The van der Waals surface area contributed by atoms with Crippen LogP contribution in [-0.4, -0.2) is 44.0 Å². The molecule has 0 bridgehead atoms. The van der Waals surface area contributed by atoms with Crippen molar-refractivity contribution < 1.29 is 9.59 Å². The Balaban J connectivity index is 1.52. The molecule has 0 radical (unpaired) electrons. The van der Waals surface area contributed by atoms with Gasteiger partial charge in [-0.3, -0.25) is 9.59 Å². The van der Waals surface area contributed by atoms with Gasteiger partial charge in [-0.2, -0.15) is 4.98 Å². The second kappa shape index (κ2) is 10.2. The Morgan fingerprint density at radius 3 is 2.54 bits per heavy atom. The highest BCUT2D eigenvalue weighted by Gasteiger charge is 2.32. The number of carbonyl (C=O) groups excluding carboxylic acids is 2. The molecule has 3 aromatic rings. The first-order valence-corrected chi connectivity index (χ1v) is 12.1. The molecule has 3 N–H and O–H groups in total. The number of anilines is 3. The van der Waals surface area contributed by atoms with Gasteiger partial charge in [0, 0.05) is 44.0 Å². The molecule has 1 aliphatic rings. The minimum atomic E-state index is -0.700. The van der Waals surface area contributed by atoms with Gasteiger partial charge in [0.25, 0.3) is 5.91 Å². The zero-order valence-electron chi connectivity index (χ0n) is 20.7. The van der Waals surface area contributed by atoms with Gasteiger partial charge in [0.1, 0.15) is 0 Å². The lowest BCUT2D eigenvalue weighted by Gasteiger charge is -2.39. The van der Waals surface area contributed by atoms with Gasteiger partial charge < -0.3 is 20.5 Å². The Bertz CT molecular complexity index is 1200. The van der Waals surface area contributed by atoms with Gasteiger partial charge in [-0.05, 0) is 43.2 Å². The highest BCUT2D eigenvalue weighted by atomic mass is 16.1. The second-order valence-electron chi connectivity index (χ2n) is 9.60. The topological polar surface area (TPSA) is 119 Å². The molecule has 184 valence electrons. The number of aryl methyl sites for hydroxylation is 1. The summed E-state index contributed by atoms with van der Waals surface area (Å²) in [4.78, 5) is 31.6. The van der Waals surface area contributed by atoms with E-state index < -0.39 is 5.91 Å². The van der Waals surface area contributed by atoms with Crippen LogP contribution in [0.25, 0.3) is 0 Å². The number of benzene rings is 1. The predicted molar refractivity (Wildman–Crippen MR) is 136 cm³/mol. The fourth-order valence-corrected chi connectivity index (χ4v) is 4.59. The van der Waals surface area contributed by atoms with Crippen molar-refractivity contribution in [3.8, 4) is 0 Å². The third-order valence-corrected chi connectivity index (χ3v) is 6.76. The van der Waals surface area contributed by atoms with E-state index in [2.05, 4.69) is 46.2 Å². The van der Waals surface area contributed by atoms with Gasteiger partial charge in [-0.15, -0.1) is 10.2 Å². The Morgan fingerprint density at radius 1 is 1.17 bits per heavy atom. The van der Waals surface area contributed by atoms with Crippen LogP contribution in [0.4, 0.5) is 17.5 Å². The van der Waals surface area contributed by atoms with Crippen LogP contribution in [0.1, 0.15) is 72.4 Å². The van der Waals surface area contributed by atoms with Crippen LogP contribution < -0.4 is 16.0 Å². The number of nitrogens with one attached hydrogen (secondary N) is 1. The molecule has 1 saturated heterocycles. The Kier molecular flexibility index (Phi) is 7.14. The molecule has 1 fully saturated rings. The van der Waals surface area contributed by atoms with E-state index in [1.807, 2.05) is 54.3 Å². The molecule has 2 atom stereocenters. The van der Waals surface area contributed by atoms with E-state index in [1.54, 1.807) is 0 Å². The number of ketones is 1. The van der Waals surface area contributed by atoms with E-state index >= 15 is 0 Å². The molecule has 1 amide bonds. The van der Waals surface area contributed by atoms with Gasteiger partial charge in [0.15, 0.2) is 17.3 Å².